The first kappa shape index (κ1) is 22.0. The number of halogens is 2. The summed E-state index contributed by atoms with van der Waals surface area (Å²) in [7, 11) is 1.76. The van der Waals surface area contributed by atoms with Crippen LogP contribution < -0.4 is 10.6 Å². The standard InChI is InChI=1S/C20H19BrFN5O2S/c1-12-7-8-13(22)9-16(12)24-18(28)11-30-20-26-25-17(27(20)2)10-23-19(29)14-5-3-4-6-15(14)21/h3-9H,10-11H2,1-2H3,(H,23,29)(H,24,28). The second-order valence-electron chi connectivity index (χ2n) is 6.42. The van der Waals surface area contributed by atoms with E-state index in [1.165, 1.54) is 23.9 Å². The van der Waals surface area contributed by atoms with Crippen molar-refractivity contribution in [3.05, 3.63) is 69.7 Å². The van der Waals surface area contributed by atoms with Gasteiger partial charge in [-0.3, -0.25) is 9.59 Å². The molecule has 3 rings (SSSR count). The van der Waals surface area contributed by atoms with E-state index in [0.717, 1.165) is 5.56 Å². The van der Waals surface area contributed by atoms with Crippen LogP contribution in [0.25, 0.3) is 0 Å². The number of hydrogen-bond donors (Lipinski definition) is 2. The lowest BCUT2D eigenvalue weighted by Crippen LogP contribution is -2.24. The van der Waals surface area contributed by atoms with E-state index < -0.39 is 5.82 Å². The molecule has 0 aliphatic rings. The Balaban J connectivity index is 1.55. The van der Waals surface area contributed by atoms with Crippen molar-refractivity contribution in [1.82, 2.24) is 20.1 Å². The molecule has 2 aromatic carbocycles. The highest BCUT2D eigenvalue weighted by Crippen LogP contribution is 2.19. The summed E-state index contributed by atoms with van der Waals surface area (Å²) in [6.07, 6.45) is 0. The zero-order valence-electron chi connectivity index (χ0n) is 16.3. The average molecular weight is 492 g/mol. The molecule has 0 aliphatic heterocycles. The maximum absolute atomic E-state index is 13.4. The minimum atomic E-state index is -0.411. The van der Waals surface area contributed by atoms with Gasteiger partial charge in [-0.15, -0.1) is 10.2 Å². The van der Waals surface area contributed by atoms with Crippen molar-refractivity contribution in [3.63, 3.8) is 0 Å². The Morgan fingerprint density at radius 2 is 1.97 bits per heavy atom. The molecule has 156 valence electrons. The summed E-state index contributed by atoms with van der Waals surface area (Å²) in [5.74, 6) is -0.277. The summed E-state index contributed by atoms with van der Waals surface area (Å²) in [6.45, 7) is 1.98. The lowest BCUT2D eigenvalue weighted by Gasteiger charge is -2.09. The fourth-order valence-electron chi connectivity index (χ4n) is 2.57. The second kappa shape index (κ2) is 9.86. The number of carbonyl (C=O) groups is 2. The largest absolute Gasteiger partial charge is 0.345 e. The molecule has 3 aromatic rings. The molecule has 1 aromatic heterocycles. The monoisotopic (exact) mass is 491 g/mol. The summed E-state index contributed by atoms with van der Waals surface area (Å²) < 4.78 is 15.8. The molecular formula is C20H19BrFN5O2S. The molecule has 0 bridgehead atoms. The number of aryl methyl sites for hydroxylation is 1. The van der Waals surface area contributed by atoms with Crippen molar-refractivity contribution in [1.29, 1.82) is 0 Å². The van der Waals surface area contributed by atoms with E-state index in [0.29, 0.717) is 26.7 Å². The topological polar surface area (TPSA) is 88.9 Å². The van der Waals surface area contributed by atoms with Gasteiger partial charge in [0, 0.05) is 17.2 Å². The number of benzene rings is 2. The number of anilines is 1. The number of thioether (sulfide) groups is 1. The maximum atomic E-state index is 13.4. The third-order valence-corrected chi connectivity index (χ3v) is 5.97. The van der Waals surface area contributed by atoms with Crippen LogP contribution >= 0.6 is 27.7 Å². The quantitative estimate of drug-likeness (QED) is 0.492. The van der Waals surface area contributed by atoms with Crippen LogP contribution in [0.1, 0.15) is 21.7 Å². The first-order valence-electron chi connectivity index (χ1n) is 8.95. The van der Waals surface area contributed by atoms with Gasteiger partial charge in [0.05, 0.1) is 17.9 Å². The number of hydrogen-bond acceptors (Lipinski definition) is 5. The van der Waals surface area contributed by atoms with E-state index in [9.17, 15) is 14.0 Å². The summed E-state index contributed by atoms with van der Waals surface area (Å²) in [6, 6.07) is 11.4. The Bertz CT molecular complexity index is 1090. The van der Waals surface area contributed by atoms with Gasteiger partial charge in [0.25, 0.3) is 5.91 Å². The number of aromatic nitrogens is 3. The number of carbonyl (C=O) groups excluding carboxylic acids is 2. The lowest BCUT2D eigenvalue weighted by molar-refractivity contribution is -0.113. The van der Waals surface area contributed by atoms with E-state index in [1.54, 1.807) is 42.8 Å². The first-order valence-corrected chi connectivity index (χ1v) is 10.7. The Kier molecular flexibility index (Phi) is 7.22. The van der Waals surface area contributed by atoms with E-state index in [4.69, 9.17) is 0 Å². The number of nitrogens with one attached hydrogen (secondary N) is 2. The SMILES string of the molecule is Cc1ccc(F)cc1NC(=O)CSc1nnc(CNC(=O)c2ccccc2Br)n1C. The van der Waals surface area contributed by atoms with Crippen LogP contribution in [-0.2, 0) is 18.4 Å². The number of nitrogens with zero attached hydrogens (tertiary/aromatic N) is 3. The van der Waals surface area contributed by atoms with Gasteiger partial charge in [-0.05, 0) is 52.7 Å². The number of amides is 2. The minimum absolute atomic E-state index is 0.0885. The maximum Gasteiger partial charge on any atom is 0.252 e. The minimum Gasteiger partial charge on any atom is -0.345 e. The van der Waals surface area contributed by atoms with Crippen molar-refractivity contribution in [2.45, 2.75) is 18.6 Å². The molecule has 0 atom stereocenters. The number of rotatable bonds is 7. The van der Waals surface area contributed by atoms with Crippen molar-refractivity contribution in [2.75, 3.05) is 11.1 Å². The molecule has 2 N–H and O–H groups in total. The van der Waals surface area contributed by atoms with E-state index in [2.05, 4.69) is 36.8 Å². The van der Waals surface area contributed by atoms with Gasteiger partial charge in [0.1, 0.15) is 5.82 Å². The molecule has 0 unspecified atom stereocenters. The zero-order valence-corrected chi connectivity index (χ0v) is 18.7. The third-order valence-electron chi connectivity index (χ3n) is 4.26. The van der Waals surface area contributed by atoms with E-state index >= 15 is 0 Å². The van der Waals surface area contributed by atoms with Crippen LogP contribution in [0.5, 0.6) is 0 Å². The van der Waals surface area contributed by atoms with Crippen molar-refractivity contribution >= 4 is 45.2 Å². The molecule has 0 aliphatic carbocycles. The van der Waals surface area contributed by atoms with Crippen LogP contribution in [0.2, 0.25) is 0 Å². The predicted molar refractivity (Wildman–Crippen MR) is 117 cm³/mol. The Morgan fingerprint density at radius 1 is 1.20 bits per heavy atom. The van der Waals surface area contributed by atoms with Crippen LogP contribution in [0.3, 0.4) is 0 Å². The first-order chi connectivity index (χ1) is 14.3. The van der Waals surface area contributed by atoms with Gasteiger partial charge in [-0.2, -0.15) is 0 Å². The predicted octanol–water partition coefficient (Wildman–Crippen LogP) is 3.69. The Morgan fingerprint density at radius 3 is 2.73 bits per heavy atom. The summed E-state index contributed by atoms with van der Waals surface area (Å²) in [5, 5.41) is 14.2. The van der Waals surface area contributed by atoms with Gasteiger partial charge < -0.3 is 15.2 Å². The van der Waals surface area contributed by atoms with E-state index in [-0.39, 0.29) is 24.1 Å². The average Bonchev–Trinajstić information content (AvgIpc) is 3.07. The molecule has 0 radical (unpaired) electrons. The molecule has 0 saturated heterocycles. The van der Waals surface area contributed by atoms with E-state index in [1.807, 2.05) is 6.07 Å². The smallest absolute Gasteiger partial charge is 0.252 e. The summed E-state index contributed by atoms with van der Waals surface area (Å²) in [5.41, 5.74) is 1.74. The van der Waals surface area contributed by atoms with Gasteiger partial charge in [0.15, 0.2) is 11.0 Å². The van der Waals surface area contributed by atoms with Crippen LogP contribution in [0.4, 0.5) is 10.1 Å². The molecule has 2 amide bonds. The van der Waals surface area contributed by atoms with Gasteiger partial charge in [-0.25, -0.2) is 4.39 Å². The second-order valence-corrected chi connectivity index (χ2v) is 8.21. The van der Waals surface area contributed by atoms with Crippen molar-refractivity contribution in [3.8, 4) is 0 Å². The van der Waals surface area contributed by atoms with Crippen LogP contribution in [0, 0.1) is 12.7 Å². The molecular weight excluding hydrogens is 473 g/mol. The van der Waals surface area contributed by atoms with Crippen LogP contribution in [0.15, 0.2) is 52.1 Å². The Labute approximate surface area is 185 Å². The normalized spacial score (nSPS) is 10.7. The third kappa shape index (κ3) is 5.45. The molecule has 0 fully saturated rings. The van der Waals surface area contributed by atoms with Gasteiger partial charge in [0.2, 0.25) is 5.91 Å². The molecule has 0 spiro atoms. The van der Waals surface area contributed by atoms with Crippen LogP contribution in [-0.4, -0.2) is 32.3 Å². The summed E-state index contributed by atoms with van der Waals surface area (Å²) in [4.78, 5) is 24.5. The van der Waals surface area contributed by atoms with Crippen molar-refractivity contribution < 1.29 is 14.0 Å². The highest BCUT2D eigenvalue weighted by Gasteiger charge is 2.14. The molecule has 1 heterocycles. The fourth-order valence-corrected chi connectivity index (χ4v) is 3.76. The summed E-state index contributed by atoms with van der Waals surface area (Å²) >= 11 is 4.55. The molecule has 10 heteroatoms. The van der Waals surface area contributed by atoms with Gasteiger partial charge in [-0.1, -0.05) is 30.0 Å². The molecule has 30 heavy (non-hydrogen) atoms. The Hall–Kier alpha value is -2.72. The van der Waals surface area contributed by atoms with Crippen molar-refractivity contribution in [2.24, 2.45) is 7.05 Å². The molecule has 0 saturated carbocycles. The van der Waals surface area contributed by atoms with Gasteiger partial charge >= 0.3 is 0 Å². The highest BCUT2D eigenvalue weighted by atomic mass is 79.9. The zero-order chi connectivity index (χ0) is 21.7. The fraction of sp³-hybridized carbons (Fsp3) is 0.200. The highest BCUT2D eigenvalue weighted by molar-refractivity contribution is 9.10. The lowest BCUT2D eigenvalue weighted by atomic mass is 10.2. The molecule has 7 nitrogen and oxygen atoms in total.